The van der Waals surface area contributed by atoms with Crippen LogP contribution < -0.4 is 5.73 Å². The van der Waals surface area contributed by atoms with E-state index in [1.165, 1.54) is 0 Å². The highest BCUT2D eigenvalue weighted by molar-refractivity contribution is 5.89. The number of hydrogen-bond acceptors (Lipinski definition) is 5. The van der Waals surface area contributed by atoms with Gasteiger partial charge in [0.2, 0.25) is 0 Å². The number of aromatic nitrogens is 4. The lowest BCUT2D eigenvalue weighted by Crippen LogP contribution is -2.04. The number of carbonyl (C=O) groups excluding carboxylic acids is 1. The van der Waals surface area contributed by atoms with Crippen molar-refractivity contribution < 1.29 is 9.53 Å². The fraction of sp³-hybridized carbons (Fsp3) is 0.133. The Balaban J connectivity index is 1.83. The molecule has 0 aliphatic rings. The largest absolute Gasteiger partial charge is 0.462 e. The lowest BCUT2D eigenvalue weighted by atomic mass is 10.2. The van der Waals surface area contributed by atoms with Crippen molar-refractivity contribution >= 4 is 11.7 Å². The number of esters is 1. The van der Waals surface area contributed by atoms with E-state index in [-0.39, 0.29) is 5.97 Å². The van der Waals surface area contributed by atoms with E-state index in [4.69, 9.17) is 10.5 Å². The highest BCUT2D eigenvalue weighted by Gasteiger charge is 2.08. The Morgan fingerprint density at radius 1 is 1.09 bits per heavy atom. The molecule has 2 heterocycles. The number of benzene rings is 1. The van der Waals surface area contributed by atoms with Crippen LogP contribution in [0.3, 0.4) is 0 Å². The molecule has 112 valence electrons. The van der Waals surface area contributed by atoms with Gasteiger partial charge in [0, 0.05) is 0 Å². The van der Waals surface area contributed by atoms with Crippen LogP contribution in [0.4, 0.5) is 5.69 Å². The van der Waals surface area contributed by atoms with E-state index in [0.717, 1.165) is 11.4 Å². The Morgan fingerprint density at radius 2 is 1.77 bits per heavy atom. The van der Waals surface area contributed by atoms with Gasteiger partial charge in [-0.3, -0.25) is 0 Å². The second-order valence-electron chi connectivity index (χ2n) is 4.63. The first kappa shape index (κ1) is 13.9. The molecule has 0 aliphatic heterocycles. The Kier molecular flexibility index (Phi) is 3.61. The molecule has 0 radical (unpaired) electrons. The second kappa shape index (κ2) is 5.72. The third-order valence-electron chi connectivity index (χ3n) is 3.08. The minimum atomic E-state index is -0.331. The summed E-state index contributed by atoms with van der Waals surface area (Å²) in [6.07, 6.45) is 6.80. The van der Waals surface area contributed by atoms with Crippen molar-refractivity contribution in [2.75, 3.05) is 12.3 Å². The first-order valence-electron chi connectivity index (χ1n) is 6.80. The van der Waals surface area contributed by atoms with Gasteiger partial charge >= 0.3 is 5.97 Å². The molecule has 0 saturated heterocycles. The van der Waals surface area contributed by atoms with Gasteiger partial charge in [-0.15, -0.1) is 0 Å². The SMILES string of the molecule is CCOC(=O)c1ccc(-n2cc(-n3cc(N)cn3)cn2)cc1. The molecule has 7 nitrogen and oxygen atoms in total. The van der Waals surface area contributed by atoms with E-state index in [9.17, 15) is 4.79 Å². The first-order valence-corrected chi connectivity index (χ1v) is 6.80. The molecule has 2 N–H and O–H groups in total. The van der Waals surface area contributed by atoms with Gasteiger partial charge in [-0.2, -0.15) is 10.2 Å². The summed E-state index contributed by atoms with van der Waals surface area (Å²) >= 11 is 0. The molecular weight excluding hydrogens is 282 g/mol. The Bertz CT molecular complexity index is 788. The summed E-state index contributed by atoms with van der Waals surface area (Å²) in [5, 5.41) is 8.41. The van der Waals surface area contributed by atoms with E-state index >= 15 is 0 Å². The third-order valence-corrected chi connectivity index (χ3v) is 3.08. The Labute approximate surface area is 126 Å². The molecule has 3 rings (SSSR count). The van der Waals surface area contributed by atoms with Crippen molar-refractivity contribution in [1.29, 1.82) is 0 Å². The molecule has 0 amide bonds. The van der Waals surface area contributed by atoms with Gasteiger partial charge in [0.15, 0.2) is 0 Å². The zero-order valence-electron chi connectivity index (χ0n) is 12.0. The summed E-state index contributed by atoms with van der Waals surface area (Å²) in [4.78, 5) is 11.6. The van der Waals surface area contributed by atoms with Gasteiger partial charge < -0.3 is 10.5 Å². The van der Waals surface area contributed by atoms with Crippen LogP contribution in [0, 0.1) is 0 Å². The summed E-state index contributed by atoms with van der Waals surface area (Å²) < 4.78 is 8.29. The number of ether oxygens (including phenoxy) is 1. The monoisotopic (exact) mass is 297 g/mol. The number of rotatable bonds is 4. The number of nitrogens with zero attached hydrogens (tertiary/aromatic N) is 4. The summed E-state index contributed by atoms with van der Waals surface area (Å²) in [5.74, 6) is -0.331. The van der Waals surface area contributed by atoms with Gasteiger partial charge in [0.1, 0.15) is 5.69 Å². The van der Waals surface area contributed by atoms with Crippen LogP contribution >= 0.6 is 0 Å². The molecule has 7 heteroatoms. The van der Waals surface area contributed by atoms with Crippen molar-refractivity contribution in [3.8, 4) is 11.4 Å². The number of hydrogen-bond donors (Lipinski definition) is 1. The van der Waals surface area contributed by atoms with E-state index < -0.39 is 0 Å². The molecule has 0 saturated carbocycles. The van der Waals surface area contributed by atoms with Crippen LogP contribution in [-0.2, 0) is 4.74 Å². The van der Waals surface area contributed by atoms with Crippen LogP contribution in [0.1, 0.15) is 17.3 Å². The van der Waals surface area contributed by atoms with Gasteiger partial charge in [0.05, 0.1) is 48.3 Å². The van der Waals surface area contributed by atoms with Crippen molar-refractivity contribution in [2.24, 2.45) is 0 Å². The maximum atomic E-state index is 11.6. The zero-order valence-corrected chi connectivity index (χ0v) is 12.0. The highest BCUT2D eigenvalue weighted by atomic mass is 16.5. The molecule has 2 aromatic heterocycles. The number of anilines is 1. The van der Waals surface area contributed by atoms with E-state index in [1.807, 2.05) is 6.20 Å². The summed E-state index contributed by atoms with van der Waals surface area (Å²) in [5.41, 5.74) is 8.38. The fourth-order valence-electron chi connectivity index (χ4n) is 2.02. The molecule has 22 heavy (non-hydrogen) atoms. The second-order valence-corrected chi connectivity index (χ2v) is 4.63. The maximum Gasteiger partial charge on any atom is 0.338 e. The highest BCUT2D eigenvalue weighted by Crippen LogP contribution is 2.14. The van der Waals surface area contributed by atoms with Gasteiger partial charge in [-0.1, -0.05) is 0 Å². The third kappa shape index (κ3) is 2.69. The molecule has 0 atom stereocenters. The molecule has 0 unspecified atom stereocenters. The Morgan fingerprint density at radius 3 is 2.41 bits per heavy atom. The van der Waals surface area contributed by atoms with Crippen LogP contribution in [0.2, 0.25) is 0 Å². The lowest BCUT2D eigenvalue weighted by Gasteiger charge is -2.04. The van der Waals surface area contributed by atoms with Crippen molar-refractivity contribution in [3.05, 3.63) is 54.6 Å². The summed E-state index contributed by atoms with van der Waals surface area (Å²) in [6.45, 7) is 2.13. The zero-order chi connectivity index (χ0) is 15.5. The first-order chi connectivity index (χ1) is 10.7. The lowest BCUT2D eigenvalue weighted by molar-refractivity contribution is 0.0526. The average molecular weight is 297 g/mol. The van der Waals surface area contributed by atoms with Gasteiger partial charge in [-0.05, 0) is 31.2 Å². The molecule has 1 aromatic carbocycles. The van der Waals surface area contributed by atoms with Crippen LogP contribution in [0.5, 0.6) is 0 Å². The van der Waals surface area contributed by atoms with Crippen LogP contribution in [0.25, 0.3) is 11.4 Å². The molecule has 0 spiro atoms. The van der Waals surface area contributed by atoms with Crippen molar-refractivity contribution in [3.63, 3.8) is 0 Å². The van der Waals surface area contributed by atoms with Gasteiger partial charge in [-0.25, -0.2) is 14.2 Å². The van der Waals surface area contributed by atoms with Gasteiger partial charge in [0.25, 0.3) is 0 Å². The number of nitrogens with two attached hydrogens (primary N) is 1. The molecule has 3 aromatic rings. The minimum Gasteiger partial charge on any atom is -0.462 e. The normalized spacial score (nSPS) is 10.6. The number of carbonyl (C=O) groups is 1. The average Bonchev–Trinajstić information content (AvgIpc) is 3.16. The Hall–Kier alpha value is -3.09. The van der Waals surface area contributed by atoms with Crippen LogP contribution in [-0.4, -0.2) is 32.1 Å². The van der Waals surface area contributed by atoms with E-state index in [0.29, 0.717) is 17.9 Å². The predicted molar refractivity (Wildman–Crippen MR) is 81.1 cm³/mol. The molecular formula is C15H15N5O2. The van der Waals surface area contributed by atoms with Crippen molar-refractivity contribution in [1.82, 2.24) is 19.6 Å². The molecule has 0 bridgehead atoms. The smallest absolute Gasteiger partial charge is 0.338 e. The quantitative estimate of drug-likeness (QED) is 0.742. The predicted octanol–water partition coefficient (Wildman–Crippen LogP) is 1.82. The maximum absolute atomic E-state index is 11.6. The summed E-state index contributed by atoms with van der Waals surface area (Å²) in [6, 6.07) is 7.03. The number of nitrogen functional groups attached to an aromatic ring is 1. The standard InChI is InChI=1S/C15H15N5O2/c1-2-22-15(21)11-3-5-13(6-4-11)20-10-14(8-18-20)19-9-12(16)7-17-19/h3-10H,2,16H2,1H3. The summed E-state index contributed by atoms with van der Waals surface area (Å²) in [7, 11) is 0. The topological polar surface area (TPSA) is 88.0 Å². The van der Waals surface area contributed by atoms with E-state index in [2.05, 4.69) is 10.2 Å². The van der Waals surface area contributed by atoms with E-state index in [1.54, 1.807) is 59.1 Å². The minimum absolute atomic E-state index is 0.331. The fourth-order valence-corrected chi connectivity index (χ4v) is 2.02. The molecule has 0 aliphatic carbocycles. The van der Waals surface area contributed by atoms with Crippen molar-refractivity contribution in [2.45, 2.75) is 6.92 Å². The molecule has 0 fully saturated rings. The van der Waals surface area contributed by atoms with Crippen LogP contribution in [0.15, 0.2) is 49.1 Å².